The van der Waals surface area contributed by atoms with Crippen molar-refractivity contribution in [3.63, 3.8) is 0 Å². The smallest absolute Gasteiger partial charge is 0.206 e. The zero-order valence-electron chi connectivity index (χ0n) is 10.7. The van der Waals surface area contributed by atoms with Crippen LogP contribution in [0, 0.1) is 18.3 Å². The quantitative estimate of drug-likeness (QED) is 0.704. The van der Waals surface area contributed by atoms with Crippen LogP contribution in [0.4, 0.5) is 0 Å². The van der Waals surface area contributed by atoms with Gasteiger partial charge in [0.2, 0.25) is 5.82 Å². The first-order valence-corrected chi connectivity index (χ1v) is 5.99. The first-order chi connectivity index (χ1) is 9.78. The molecule has 0 fully saturated rings. The van der Waals surface area contributed by atoms with Gasteiger partial charge in [-0.3, -0.25) is 4.98 Å². The molecule has 0 bridgehead atoms. The number of benzene rings is 1. The second-order valence-corrected chi connectivity index (χ2v) is 4.26. The second-order valence-electron chi connectivity index (χ2n) is 4.26. The Bertz CT molecular complexity index is 785. The number of tetrazole rings is 1. The third-order valence-corrected chi connectivity index (χ3v) is 2.91. The van der Waals surface area contributed by atoms with E-state index >= 15 is 0 Å². The van der Waals surface area contributed by atoms with Crippen molar-refractivity contribution in [3.8, 4) is 23.1 Å². The molecule has 6 nitrogen and oxygen atoms in total. The van der Waals surface area contributed by atoms with Crippen LogP contribution in [0.25, 0.3) is 17.1 Å². The average Bonchev–Trinajstić information content (AvgIpc) is 2.98. The lowest BCUT2D eigenvalue weighted by Crippen LogP contribution is -2.00. The summed E-state index contributed by atoms with van der Waals surface area (Å²) >= 11 is 0. The molecule has 3 rings (SSSR count). The van der Waals surface area contributed by atoms with Crippen molar-refractivity contribution in [1.82, 2.24) is 25.2 Å². The summed E-state index contributed by atoms with van der Waals surface area (Å²) in [5.74, 6) is 0.497. The molecule has 2 heterocycles. The Morgan fingerprint density at radius 2 is 2.15 bits per heavy atom. The molecule has 1 aromatic carbocycles. The van der Waals surface area contributed by atoms with Gasteiger partial charge >= 0.3 is 0 Å². The van der Waals surface area contributed by atoms with Crippen LogP contribution in [0.1, 0.15) is 11.1 Å². The average molecular weight is 262 g/mol. The summed E-state index contributed by atoms with van der Waals surface area (Å²) < 4.78 is 0. The highest BCUT2D eigenvalue weighted by atomic mass is 15.6. The maximum absolute atomic E-state index is 9.05. The van der Waals surface area contributed by atoms with E-state index in [0.29, 0.717) is 17.1 Å². The molecule has 2 aromatic heterocycles. The lowest BCUT2D eigenvalue weighted by molar-refractivity contribution is 0.719. The third-order valence-electron chi connectivity index (χ3n) is 2.91. The van der Waals surface area contributed by atoms with Crippen LogP contribution in [0.5, 0.6) is 0 Å². The van der Waals surface area contributed by atoms with Gasteiger partial charge in [-0.15, -0.1) is 15.0 Å². The molecule has 0 aliphatic carbocycles. The number of aromatic nitrogens is 5. The van der Waals surface area contributed by atoms with Crippen molar-refractivity contribution >= 4 is 0 Å². The molecule has 96 valence electrons. The Morgan fingerprint density at radius 1 is 1.25 bits per heavy atom. The van der Waals surface area contributed by atoms with Crippen molar-refractivity contribution in [1.29, 1.82) is 5.26 Å². The van der Waals surface area contributed by atoms with E-state index in [1.165, 1.54) is 4.80 Å². The van der Waals surface area contributed by atoms with Crippen LogP contribution in [0.15, 0.2) is 42.7 Å². The van der Waals surface area contributed by atoms with Gasteiger partial charge in [-0.25, -0.2) is 0 Å². The highest BCUT2D eigenvalue weighted by molar-refractivity contribution is 5.52. The number of pyridine rings is 1. The zero-order chi connectivity index (χ0) is 13.9. The van der Waals surface area contributed by atoms with E-state index in [1.54, 1.807) is 18.5 Å². The number of rotatable bonds is 2. The van der Waals surface area contributed by atoms with Crippen LogP contribution in [-0.4, -0.2) is 25.2 Å². The van der Waals surface area contributed by atoms with Crippen molar-refractivity contribution in [2.24, 2.45) is 0 Å². The largest absolute Gasteiger partial charge is 0.264 e. The maximum atomic E-state index is 9.05. The van der Waals surface area contributed by atoms with Gasteiger partial charge in [0.1, 0.15) is 0 Å². The molecular formula is C14H10N6. The maximum Gasteiger partial charge on any atom is 0.206 e. The lowest BCUT2D eigenvalue weighted by Gasteiger charge is -2.01. The van der Waals surface area contributed by atoms with E-state index in [0.717, 1.165) is 11.1 Å². The molecule has 3 aromatic rings. The van der Waals surface area contributed by atoms with Gasteiger partial charge in [0.05, 0.1) is 17.3 Å². The van der Waals surface area contributed by atoms with Gasteiger partial charge in [0.25, 0.3) is 0 Å². The van der Waals surface area contributed by atoms with Crippen LogP contribution in [0.2, 0.25) is 0 Å². The summed E-state index contributed by atoms with van der Waals surface area (Å²) in [5, 5.41) is 21.4. The number of aryl methyl sites for hydroxylation is 1. The minimum Gasteiger partial charge on any atom is -0.264 e. The molecule has 0 aliphatic rings. The molecule has 0 radical (unpaired) electrons. The Balaban J connectivity index is 2.01. The Hall–Kier alpha value is -3.07. The Labute approximate surface area is 115 Å². The minimum atomic E-state index is 0.497. The van der Waals surface area contributed by atoms with Crippen LogP contribution < -0.4 is 0 Å². The molecule has 0 saturated carbocycles. The number of hydrogen-bond acceptors (Lipinski definition) is 5. The van der Waals surface area contributed by atoms with Gasteiger partial charge in [-0.05, 0) is 42.0 Å². The molecule has 20 heavy (non-hydrogen) atoms. The summed E-state index contributed by atoms with van der Waals surface area (Å²) in [6.07, 6.45) is 3.37. The Morgan fingerprint density at radius 3 is 2.90 bits per heavy atom. The SMILES string of the molecule is Cc1ccc(-n2nnc(-c3cccnc3)n2)cc1C#N. The topological polar surface area (TPSA) is 80.3 Å². The van der Waals surface area contributed by atoms with E-state index < -0.39 is 0 Å². The van der Waals surface area contributed by atoms with Gasteiger partial charge < -0.3 is 0 Å². The van der Waals surface area contributed by atoms with Crippen LogP contribution in [0.3, 0.4) is 0 Å². The molecule has 6 heteroatoms. The molecule has 0 amide bonds. The number of nitriles is 1. The second kappa shape index (κ2) is 4.90. The predicted molar refractivity (Wildman–Crippen MR) is 71.8 cm³/mol. The molecule has 0 saturated heterocycles. The molecule has 0 unspecified atom stereocenters. The van der Waals surface area contributed by atoms with E-state index in [2.05, 4.69) is 26.5 Å². The summed E-state index contributed by atoms with van der Waals surface area (Å²) in [7, 11) is 0. The molecule has 0 N–H and O–H groups in total. The molecule has 0 atom stereocenters. The summed E-state index contributed by atoms with van der Waals surface area (Å²) in [6.45, 7) is 1.89. The van der Waals surface area contributed by atoms with Gasteiger partial charge in [0, 0.05) is 18.0 Å². The van der Waals surface area contributed by atoms with Gasteiger partial charge in [-0.1, -0.05) is 6.07 Å². The van der Waals surface area contributed by atoms with E-state index in [-0.39, 0.29) is 0 Å². The van der Waals surface area contributed by atoms with Crippen molar-refractivity contribution in [2.75, 3.05) is 0 Å². The zero-order valence-corrected chi connectivity index (χ0v) is 10.7. The van der Waals surface area contributed by atoms with Gasteiger partial charge in [-0.2, -0.15) is 5.26 Å². The van der Waals surface area contributed by atoms with Crippen LogP contribution in [-0.2, 0) is 0 Å². The fraction of sp³-hybridized carbons (Fsp3) is 0.0714. The fourth-order valence-corrected chi connectivity index (χ4v) is 1.79. The van der Waals surface area contributed by atoms with E-state index in [4.69, 9.17) is 5.26 Å². The number of nitrogens with zero attached hydrogens (tertiary/aromatic N) is 6. The lowest BCUT2D eigenvalue weighted by atomic mass is 10.1. The fourth-order valence-electron chi connectivity index (χ4n) is 1.79. The highest BCUT2D eigenvalue weighted by Gasteiger charge is 2.08. The number of hydrogen-bond donors (Lipinski definition) is 0. The molecule has 0 aliphatic heterocycles. The summed E-state index contributed by atoms with van der Waals surface area (Å²) in [4.78, 5) is 5.43. The minimum absolute atomic E-state index is 0.497. The van der Waals surface area contributed by atoms with Crippen molar-refractivity contribution in [3.05, 3.63) is 53.9 Å². The van der Waals surface area contributed by atoms with Crippen LogP contribution >= 0.6 is 0 Å². The Kier molecular flexibility index (Phi) is 2.94. The first-order valence-electron chi connectivity index (χ1n) is 5.99. The molecule has 0 spiro atoms. The van der Waals surface area contributed by atoms with Gasteiger partial charge in [0.15, 0.2) is 0 Å². The standard InChI is InChI=1S/C14H10N6/c1-10-4-5-13(7-12(10)8-15)20-18-14(17-19-20)11-3-2-6-16-9-11/h2-7,9H,1H3. The third kappa shape index (κ3) is 2.12. The summed E-state index contributed by atoms with van der Waals surface area (Å²) in [5.41, 5.74) is 3.02. The summed E-state index contributed by atoms with van der Waals surface area (Å²) in [6, 6.07) is 11.3. The van der Waals surface area contributed by atoms with Crippen molar-refractivity contribution < 1.29 is 0 Å². The predicted octanol–water partition coefficient (Wildman–Crippen LogP) is 1.90. The van der Waals surface area contributed by atoms with E-state index in [9.17, 15) is 0 Å². The first kappa shape index (κ1) is 12.0. The van der Waals surface area contributed by atoms with Crippen molar-refractivity contribution in [2.45, 2.75) is 6.92 Å². The van der Waals surface area contributed by atoms with E-state index in [1.807, 2.05) is 31.2 Å². The monoisotopic (exact) mass is 262 g/mol. The highest BCUT2D eigenvalue weighted by Crippen LogP contribution is 2.15. The normalized spacial score (nSPS) is 10.2. The molecular weight excluding hydrogens is 252 g/mol.